The average Bonchev–Trinajstić information content (AvgIpc) is 3.07. The van der Waals surface area contributed by atoms with Gasteiger partial charge in [-0.25, -0.2) is 4.98 Å². The Morgan fingerprint density at radius 1 is 1.04 bits per heavy atom. The molecule has 124 valence electrons. The van der Waals surface area contributed by atoms with E-state index in [0.717, 1.165) is 19.4 Å². The third kappa shape index (κ3) is 6.50. The van der Waals surface area contributed by atoms with Crippen molar-refractivity contribution in [3.8, 4) is 5.75 Å². The van der Waals surface area contributed by atoms with Crippen LogP contribution in [-0.4, -0.2) is 21.1 Å². The molecule has 6 heteroatoms. The summed E-state index contributed by atoms with van der Waals surface area (Å²) >= 11 is 0. The molecular weight excluding hydrogens is 294 g/mol. The second-order valence-electron chi connectivity index (χ2n) is 5.52. The first kappa shape index (κ1) is 17.0. The van der Waals surface area contributed by atoms with E-state index < -0.39 is 4.92 Å². The molecule has 0 saturated heterocycles. The zero-order chi connectivity index (χ0) is 16.3. The van der Waals surface area contributed by atoms with E-state index >= 15 is 0 Å². The van der Waals surface area contributed by atoms with Crippen LogP contribution in [-0.2, 0) is 6.54 Å². The van der Waals surface area contributed by atoms with Crippen molar-refractivity contribution in [3.63, 3.8) is 0 Å². The molecule has 0 aliphatic carbocycles. The van der Waals surface area contributed by atoms with E-state index in [1.165, 1.54) is 37.8 Å². The van der Waals surface area contributed by atoms with E-state index in [-0.39, 0.29) is 5.69 Å². The topological polar surface area (TPSA) is 70.2 Å². The Labute approximate surface area is 136 Å². The number of aromatic nitrogens is 2. The number of aryl methyl sites for hydroxylation is 1. The normalized spacial score (nSPS) is 10.6. The summed E-state index contributed by atoms with van der Waals surface area (Å²) in [5.74, 6) is 0.691. The Morgan fingerprint density at radius 2 is 1.74 bits per heavy atom. The highest BCUT2D eigenvalue weighted by Gasteiger charge is 2.03. The van der Waals surface area contributed by atoms with Gasteiger partial charge in [-0.05, 0) is 25.0 Å². The lowest BCUT2D eigenvalue weighted by atomic mass is 10.1. The predicted molar refractivity (Wildman–Crippen MR) is 88.5 cm³/mol. The standard InChI is InChI=1S/C17H23N3O3/c21-20(22)16-7-9-17(10-8-16)23-14-6-4-2-1-3-5-12-19-13-11-18-15-19/h7-11,13,15H,1-6,12,14H2. The molecule has 0 aliphatic heterocycles. The number of hydrogen-bond donors (Lipinski definition) is 0. The van der Waals surface area contributed by atoms with Gasteiger partial charge >= 0.3 is 0 Å². The SMILES string of the molecule is O=[N+]([O-])c1ccc(OCCCCCCCCn2ccnc2)cc1. The van der Waals surface area contributed by atoms with Gasteiger partial charge in [-0.15, -0.1) is 0 Å². The Morgan fingerprint density at radius 3 is 2.39 bits per heavy atom. The molecule has 0 fully saturated rings. The maximum atomic E-state index is 10.5. The van der Waals surface area contributed by atoms with Crippen LogP contribution >= 0.6 is 0 Å². The van der Waals surface area contributed by atoms with E-state index in [4.69, 9.17) is 4.74 Å². The summed E-state index contributed by atoms with van der Waals surface area (Å²) in [6.45, 7) is 1.70. The minimum Gasteiger partial charge on any atom is -0.494 e. The molecule has 0 amide bonds. The van der Waals surface area contributed by atoms with Crippen molar-refractivity contribution < 1.29 is 9.66 Å². The van der Waals surface area contributed by atoms with Crippen LogP contribution in [0, 0.1) is 10.1 Å². The fourth-order valence-corrected chi connectivity index (χ4v) is 2.38. The Bertz CT molecular complexity index is 567. The van der Waals surface area contributed by atoms with Crippen molar-refractivity contribution in [1.82, 2.24) is 9.55 Å². The maximum absolute atomic E-state index is 10.5. The van der Waals surface area contributed by atoms with Crippen LogP contribution in [0.5, 0.6) is 5.75 Å². The molecule has 0 aliphatic rings. The Balaban J connectivity index is 1.45. The van der Waals surface area contributed by atoms with Gasteiger partial charge in [-0.2, -0.15) is 0 Å². The lowest BCUT2D eigenvalue weighted by Crippen LogP contribution is -1.98. The minimum atomic E-state index is -0.406. The quantitative estimate of drug-likeness (QED) is 0.353. The first-order valence-corrected chi connectivity index (χ1v) is 8.09. The van der Waals surface area contributed by atoms with Crippen LogP contribution in [0.15, 0.2) is 43.0 Å². The van der Waals surface area contributed by atoms with Gasteiger partial charge in [0.25, 0.3) is 5.69 Å². The zero-order valence-corrected chi connectivity index (χ0v) is 13.3. The summed E-state index contributed by atoms with van der Waals surface area (Å²) in [6.07, 6.45) is 12.7. The minimum absolute atomic E-state index is 0.0908. The largest absolute Gasteiger partial charge is 0.494 e. The van der Waals surface area contributed by atoms with Gasteiger partial charge < -0.3 is 9.30 Å². The van der Waals surface area contributed by atoms with Crippen molar-refractivity contribution in [1.29, 1.82) is 0 Å². The number of imidazole rings is 1. The lowest BCUT2D eigenvalue weighted by molar-refractivity contribution is -0.384. The van der Waals surface area contributed by atoms with Crippen LogP contribution in [0.2, 0.25) is 0 Å². The summed E-state index contributed by atoms with van der Waals surface area (Å²) in [7, 11) is 0. The predicted octanol–water partition coefficient (Wildman–Crippen LogP) is 4.21. The van der Waals surface area contributed by atoms with Gasteiger partial charge in [0.2, 0.25) is 0 Å². The fourth-order valence-electron chi connectivity index (χ4n) is 2.38. The third-order valence-electron chi connectivity index (χ3n) is 3.69. The van der Waals surface area contributed by atoms with Gasteiger partial charge in [0.15, 0.2) is 0 Å². The number of non-ortho nitro benzene ring substituents is 1. The highest BCUT2D eigenvalue weighted by Crippen LogP contribution is 2.17. The molecule has 0 N–H and O–H groups in total. The molecule has 1 aromatic carbocycles. The van der Waals surface area contributed by atoms with E-state index in [1.807, 2.05) is 18.7 Å². The molecule has 2 aromatic rings. The molecule has 0 saturated carbocycles. The van der Waals surface area contributed by atoms with Crippen molar-refractivity contribution >= 4 is 5.69 Å². The zero-order valence-electron chi connectivity index (χ0n) is 13.3. The molecule has 1 aromatic heterocycles. The number of nitro benzene ring substituents is 1. The summed E-state index contributed by atoms with van der Waals surface area (Å²) < 4.78 is 7.69. The summed E-state index contributed by atoms with van der Waals surface area (Å²) in [6, 6.07) is 6.23. The second kappa shape index (κ2) is 9.61. The summed E-state index contributed by atoms with van der Waals surface area (Å²) in [5.41, 5.74) is 0.0908. The molecule has 0 radical (unpaired) electrons. The first-order valence-electron chi connectivity index (χ1n) is 8.09. The van der Waals surface area contributed by atoms with E-state index in [0.29, 0.717) is 12.4 Å². The van der Waals surface area contributed by atoms with Crippen molar-refractivity contribution in [3.05, 3.63) is 53.1 Å². The first-order chi connectivity index (χ1) is 11.3. The van der Waals surface area contributed by atoms with Gasteiger partial charge in [0.05, 0.1) is 17.9 Å². The molecule has 1 heterocycles. The Hall–Kier alpha value is -2.37. The number of rotatable bonds is 11. The average molecular weight is 317 g/mol. The van der Waals surface area contributed by atoms with Crippen LogP contribution in [0.25, 0.3) is 0 Å². The van der Waals surface area contributed by atoms with E-state index in [1.54, 1.807) is 12.1 Å². The molecule has 6 nitrogen and oxygen atoms in total. The van der Waals surface area contributed by atoms with Crippen LogP contribution in [0.4, 0.5) is 5.69 Å². The van der Waals surface area contributed by atoms with Gasteiger partial charge in [-0.3, -0.25) is 10.1 Å². The highest BCUT2D eigenvalue weighted by molar-refractivity contribution is 5.35. The van der Waals surface area contributed by atoms with E-state index in [9.17, 15) is 10.1 Å². The highest BCUT2D eigenvalue weighted by atomic mass is 16.6. The lowest BCUT2D eigenvalue weighted by Gasteiger charge is -2.06. The molecule has 0 unspecified atom stereocenters. The third-order valence-corrected chi connectivity index (χ3v) is 3.69. The van der Waals surface area contributed by atoms with Gasteiger partial charge in [-0.1, -0.05) is 25.7 Å². The number of ether oxygens (including phenoxy) is 1. The number of unbranched alkanes of at least 4 members (excludes halogenated alkanes) is 5. The molecule has 0 bridgehead atoms. The summed E-state index contributed by atoms with van der Waals surface area (Å²) in [4.78, 5) is 14.2. The molecule has 2 rings (SSSR count). The van der Waals surface area contributed by atoms with E-state index in [2.05, 4.69) is 9.55 Å². The number of nitrogens with zero attached hydrogens (tertiary/aromatic N) is 3. The van der Waals surface area contributed by atoms with Gasteiger partial charge in [0.1, 0.15) is 5.75 Å². The smallest absolute Gasteiger partial charge is 0.269 e. The van der Waals surface area contributed by atoms with Crippen LogP contribution in [0.1, 0.15) is 38.5 Å². The maximum Gasteiger partial charge on any atom is 0.269 e. The van der Waals surface area contributed by atoms with Crippen LogP contribution < -0.4 is 4.74 Å². The monoisotopic (exact) mass is 317 g/mol. The fraction of sp³-hybridized carbons (Fsp3) is 0.471. The number of benzene rings is 1. The van der Waals surface area contributed by atoms with Crippen molar-refractivity contribution in [2.75, 3.05) is 6.61 Å². The van der Waals surface area contributed by atoms with Crippen LogP contribution in [0.3, 0.4) is 0 Å². The van der Waals surface area contributed by atoms with Gasteiger partial charge in [0, 0.05) is 31.1 Å². The second-order valence-corrected chi connectivity index (χ2v) is 5.52. The molecule has 0 spiro atoms. The Kier molecular flexibility index (Phi) is 7.10. The number of nitro groups is 1. The molecule has 0 atom stereocenters. The van der Waals surface area contributed by atoms with Crippen molar-refractivity contribution in [2.45, 2.75) is 45.1 Å². The van der Waals surface area contributed by atoms with Crippen molar-refractivity contribution in [2.24, 2.45) is 0 Å². The summed E-state index contributed by atoms with van der Waals surface area (Å²) in [5, 5.41) is 10.5. The molecular formula is C17H23N3O3. The number of hydrogen-bond acceptors (Lipinski definition) is 4. The molecule has 23 heavy (non-hydrogen) atoms.